The van der Waals surface area contributed by atoms with E-state index in [1.165, 1.54) is 9.80 Å². The predicted octanol–water partition coefficient (Wildman–Crippen LogP) is -0.157. The molecule has 1 aromatic heterocycles. The molecule has 2 aromatic carbocycles. The number of rotatable bonds is 5. The van der Waals surface area contributed by atoms with Gasteiger partial charge in [-0.3, -0.25) is 24.0 Å². The molecular weight excluding hydrogens is 614 g/mol. The smallest absolute Gasteiger partial charge is 0.246 e. The van der Waals surface area contributed by atoms with Crippen LogP contribution in [0.2, 0.25) is 0 Å². The summed E-state index contributed by atoms with van der Waals surface area (Å²) in [6, 6.07) is 13.8. The topological polar surface area (TPSA) is 176 Å². The number of H-pyrrole nitrogens is 1. The number of carbonyl (C=O) groups excluding carboxylic acids is 5. The van der Waals surface area contributed by atoms with Gasteiger partial charge in [0.25, 0.3) is 0 Å². The molecule has 0 spiro atoms. The van der Waals surface area contributed by atoms with Gasteiger partial charge in [-0.2, -0.15) is 0 Å². The van der Waals surface area contributed by atoms with E-state index in [-0.39, 0.29) is 57.3 Å². The van der Waals surface area contributed by atoms with Crippen LogP contribution in [0.1, 0.15) is 30.4 Å². The molecule has 3 fully saturated rings. The standard InChI is InChI=1S/C35H43N7O6/c43-25-18-30-33(46)40-28(16-22-6-2-1-3-7-22)32(45)37-14-15-41(34(47)23-10-12-36-13-11-23)21-31(44)39-29(35(48)42(30)20-25)17-24-19-38-27-9-5-4-8-26(24)27/h1-9,19,23,25,28-30,36,38,43H,10-18,20-21H2,(H,37,45)(H,39,44)(H,40,46)/t25-,28+,29-,30+/m1/s1. The molecule has 4 heterocycles. The Labute approximate surface area is 278 Å². The average molecular weight is 658 g/mol. The van der Waals surface area contributed by atoms with Gasteiger partial charge < -0.3 is 41.2 Å². The Balaban J connectivity index is 1.32. The summed E-state index contributed by atoms with van der Waals surface area (Å²) >= 11 is 0. The van der Waals surface area contributed by atoms with Crippen molar-refractivity contribution in [1.82, 2.24) is 36.1 Å². The number of piperidine rings is 1. The Morgan fingerprint density at radius 1 is 0.854 bits per heavy atom. The van der Waals surface area contributed by atoms with Gasteiger partial charge in [-0.05, 0) is 43.1 Å². The van der Waals surface area contributed by atoms with Crippen molar-refractivity contribution >= 4 is 40.4 Å². The number of amides is 5. The third kappa shape index (κ3) is 7.69. The van der Waals surface area contributed by atoms with Gasteiger partial charge >= 0.3 is 0 Å². The van der Waals surface area contributed by atoms with E-state index in [0.717, 1.165) is 22.0 Å². The third-order valence-electron chi connectivity index (χ3n) is 9.53. The summed E-state index contributed by atoms with van der Waals surface area (Å²) in [5.74, 6) is -2.51. The van der Waals surface area contributed by atoms with Gasteiger partial charge in [-0.1, -0.05) is 48.5 Å². The van der Waals surface area contributed by atoms with Gasteiger partial charge in [0.2, 0.25) is 29.5 Å². The minimum absolute atomic E-state index is 0.0104. The maximum atomic E-state index is 14.3. The van der Waals surface area contributed by atoms with Gasteiger partial charge in [-0.15, -0.1) is 0 Å². The fourth-order valence-corrected chi connectivity index (χ4v) is 7.00. The zero-order valence-electron chi connectivity index (χ0n) is 26.8. The van der Waals surface area contributed by atoms with Gasteiger partial charge in [0, 0.05) is 61.9 Å². The molecule has 6 rings (SSSR count). The lowest BCUT2D eigenvalue weighted by Gasteiger charge is -2.31. The van der Waals surface area contributed by atoms with Crippen LogP contribution < -0.4 is 21.3 Å². The Hall–Kier alpha value is -4.75. The number of nitrogens with one attached hydrogen (secondary N) is 5. The molecule has 0 aliphatic carbocycles. The van der Waals surface area contributed by atoms with Crippen molar-refractivity contribution < 1.29 is 29.1 Å². The quantitative estimate of drug-likeness (QED) is 0.221. The van der Waals surface area contributed by atoms with E-state index in [2.05, 4.69) is 26.3 Å². The molecule has 4 atom stereocenters. The first kappa shape index (κ1) is 33.2. The number of aromatic amines is 1. The highest BCUT2D eigenvalue weighted by molar-refractivity contribution is 5.96. The van der Waals surface area contributed by atoms with Crippen LogP contribution in [0.4, 0.5) is 0 Å². The number of aliphatic hydroxyl groups is 1. The van der Waals surface area contributed by atoms with Crippen molar-refractivity contribution in [3.63, 3.8) is 0 Å². The number of aromatic nitrogens is 1. The molecular formula is C35H43N7O6. The van der Waals surface area contributed by atoms with Crippen LogP contribution >= 0.6 is 0 Å². The molecule has 254 valence electrons. The fraction of sp³-hybridized carbons (Fsp3) is 0.457. The molecule has 48 heavy (non-hydrogen) atoms. The zero-order chi connectivity index (χ0) is 33.6. The summed E-state index contributed by atoms with van der Waals surface area (Å²) < 4.78 is 0. The van der Waals surface area contributed by atoms with Crippen molar-refractivity contribution in [3.8, 4) is 0 Å². The Morgan fingerprint density at radius 2 is 1.60 bits per heavy atom. The van der Waals surface area contributed by atoms with Gasteiger partial charge in [0.15, 0.2) is 0 Å². The SMILES string of the molecule is O=C1CN(C(=O)C2CCNCC2)CCNC(=O)[C@H](Cc2ccccc2)NC(=O)[C@@H]2C[C@@H](O)CN2C(=O)[C@@H](Cc2c[nH]c3ccccc23)N1. The first-order chi connectivity index (χ1) is 23.3. The van der Waals surface area contributed by atoms with Crippen molar-refractivity contribution in [2.45, 2.75) is 56.3 Å². The van der Waals surface area contributed by atoms with Crippen LogP contribution in [0, 0.1) is 5.92 Å². The predicted molar refractivity (Wildman–Crippen MR) is 177 cm³/mol. The molecule has 0 unspecified atom stereocenters. The summed E-state index contributed by atoms with van der Waals surface area (Å²) in [5, 5.41) is 23.4. The summed E-state index contributed by atoms with van der Waals surface area (Å²) in [5.41, 5.74) is 2.49. The fourth-order valence-electron chi connectivity index (χ4n) is 7.00. The van der Waals surface area contributed by atoms with Crippen LogP contribution in [0.25, 0.3) is 10.9 Å². The minimum Gasteiger partial charge on any atom is -0.391 e. The molecule has 13 heteroatoms. The second kappa shape index (κ2) is 15.0. The highest BCUT2D eigenvalue weighted by Crippen LogP contribution is 2.24. The maximum absolute atomic E-state index is 14.3. The second-order valence-electron chi connectivity index (χ2n) is 12.9. The summed E-state index contributed by atoms with van der Waals surface area (Å²) in [6.45, 7) is 1.13. The number of carbonyl (C=O) groups is 5. The molecule has 3 aliphatic heterocycles. The number of hydrogen-bond donors (Lipinski definition) is 6. The van der Waals surface area contributed by atoms with Crippen LogP contribution in [0.3, 0.4) is 0 Å². The lowest BCUT2D eigenvalue weighted by Crippen LogP contribution is -2.57. The van der Waals surface area contributed by atoms with Crippen LogP contribution in [-0.4, -0.2) is 113 Å². The number of benzene rings is 2. The van der Waals surface area contributed by atoms with Crippen LogP contribution in [0.15, 0.2) is 60.8 Å². The Bertz CT molecular complexity index is 1640. The lowest BCUT2D eigenvalue weighted by molar-refractivity contribution is -0.143. The molecule has 5 amide bonds. The van der Waals surface area contributed by atoms with Crippen LogP contribution in [-0.2, 0) is 36.8 Å². The lowest BCUT2D eigenvalue weighted by atomic mass is 9.96. The largest absolute Gasteiger partial charge is 0.391 e. The average Bonchev–Trinajstić information content (AvgIpc) is 3.70. The molecule has 13 nitrogen and oxygen atoms in total. The molecule has 6 N–H and O–H groups in total. The van der Waals surface area contributed by atoms with E-state index in [1.54, 1.807) is 6.20 Å². The van der Waals surface area contributed by atoms with Crippen molar-refractivity contribution in [1.29, 1.82) is 0 Å². The van der Waals surface area contributed by atoms with Crippen molar-refractivity contribution in [3.05, 3.63) is 71.9 Å². The Kier molecular flexibility index (Phi) is 10.4. The highest BCUT2D eigenvalue weighted by Gasteiger charge is 2.43. The maximum Gasteiger partial charge on any atom is 0.246 e. The molecule has 0 bridgehead atoms. The first-order valence-corrected chi connectivity index (χ1v) is 16.7. The molecule has 3 aromatic rings. The van der Waals surface area contributed by atoms with Gasteiger partial charge in [-0.25, -0.2) is 0 Å². The van der Waals surface area contributed by atoms with E-state index >= 15 is 0 Å². The first-order valence-electron chi connectivity index (χ1n) is 16.7. The monoisotopic (exact) mass is 657 g/mol. The number of fused-ring (bicyclic) bond motifs is 2. The van der Waals surface area contributed by atoms with Crippen LogP contribution in [0.5, 0.6) is 0 Å². The van der Waals surface area contributed by atoms with Crippen molar-refractivity contribution in [2.75, 3.05) is 39.3 Å². The number of para-hydroxylation sites is 1. The van der Waals surface area contributed by atoms with Gasteiger partial charge in [0.05, 0.1) is 12.6 Å². The van der Waals surface area contributed by atoms with E-state index in [9.17, 15) is 29.1 Å². The molecule has 0 radical (unpaired) electrons. The number of aliphatic hydroxyl groups excluding tert-OH is 1. The summed E-state index contributed by atoms with van der Waals surface area (Å²) in [6.07, 6.45) is 2.40. The van der Waals surface area contributed by atoms with Crippen molar-refractivity contribution in [2.24, 2.45) is 5.92 Å². The Morgan fingerprint density at radius 3 is 2.40 bits per heavy atom. The zero-order valence-corrected chi connectivity index (χ0v) is 26.8. The third-order valence-corrected chi connectivity index (χ3v) is 9.53. The normalized spacial score (nSPS) is 25.1. The van der Waals surface area contributed by atoms with E-state index in [0.29, 0.717) is 25.9 Å². The molecule has 3 aliphatic rings. The number of hydrogen-bond acceptors (Lipinski definition) is 7. The molecule has 3 saturated heterocycles. The highest BCUT2D eigenvalue weighted by atomic mass is 16.3. The van der Waals surface area contributed by atoms with E-state index in [1.807, 2.05) is 54.6 Å². The summed E-state index contributed by atoms with van der Waals surface area (Å²) in [4.78, 5) is 75.0. The molecule has 0 saturated carbocycles. The summed E-state index contributed by atoms with van der Waals surface area (Å²) in [7, 11) is 0. The number of nitrogens with zero attached hydrogens (tertiary/aromatic N) is 2. The second-order valence-corrected chi connectivity index (χ2v) is 12.9. The van der Waals surface area contributed by atoms with Gasteiger partial charge in [0.1, 0.15) is 18.1 Å². The minimum atomic E-state index is -1.09. The van der Waals surface area contributed by atoms with E-state index < -0.39 is 47.9 Å². The van der Waals surface area contributed by atoms with E-state index in [4.69, 9.17) is 0 Å².